The molecule has 5 amide bonds. The minimum atomic E-state index is -1.03. The van der Waals surface area contributed by atoms with Crippen LogP contribution in [0.4, 0.5) is 21.0 Å². The number of anilines is 2. The van der Waals surface area contributed by atoms with Crippen molar-refractivity contribution in [3.8, 4) is 34.4 Å². The number of para-hydroxylation sites is 2. The molecular formula is C72H70N12O9. The number of carboxylic acids is 1. The highest BCUT2D eigenvalue weighted by atomic mass is 16.6. The maximum Gasteiger partial charge on any atom is 0.410 e. The number of aliphatic carboxylic acids is 1. The number of carbonyl (C=O) groups is 6. The standard InChI is InChI=1S/C31H26N6O2.C31H27N5O3.C10H17NO4/c1-33-31(12-13-31)29(39)36-18-30(19-36)24-8-4-5-9-26(24)37(28(30)38)17-25-27(21-10-11-22(14-32)34-16-21)23-7-3-2-6-20(23)15-35-25;1-30(2,3)39-29(38)35-18-31(19-35)24-10-6-7-11-26(24)36(28(31)37)17-25-27(21-12-13-22(14-32)33-16-21)23-9-5-4-8-20(23)15-34-25;1-9(2,3)15-8(14)11(4)10(5-6-10)7(12)13/h2-11,15-16,33H,12-13,17-19H2,1H3;4-13,15-16H,17-19H2,1-3H3;5-6H2,1-4H3,(H,12,13). The van der Waals surface area contributed by atoms with Gasteiger partial charge in [-0.2, -0.15) is 10.5 Å². The average molecular weight is 1250 g/mol. The van der Waals surface area contributed by atoms with Crippen LogP contribution in [0.25, 0.3) is 43.8 Å². The Bertz CT molecular complexity index is 4430. The Balaban J connectivity index is 0.000000147. The van der Waals surface area contributed by atoms with Gasteiger partial charge in [-0.05, 0) is 133 Å². The van der Waals surface area contributed by atoms with Crippen molar-refractivity contribution in [2.45, 2.75) is 113 Å². The van der Waals surface area contributed by atoms with Gasteiger partial charge in [0.1, 0.15) is 51.1 Å². The maximum atomic E-state index is 14.2. The Hall–Kier alpha value is -10.6. The molecule has 2 saturated carbocycles. The normalized spacial score (nSPS) is 17.1. The Morgan fingerprint density at radius 3 is 1.40 bits per heavy atom. The molecule has 0 unspecified atom stereocenters. The topological polar surface area (TPSA) is 268 Å². The van der Waals surface area contributed by atoms with Gasteiger partial charge in [-0.1, -0.05) is 84.9 Å². The number of nitriles is 2. The number of pyridine rings is 4. The Morgan fingerprint density at radius 2 is 1.01 bits per heavy atom. The van der Waals surface area contributed by atoms with E-state index in [0.29, 0.717) is 37.3 Å². The van der Waals surface area contributed by atoms with Gasteiger partial charge in [0.15, 0.2) is 0 Å². The Morgan fingerprint density at radius 1 is 0.581 bits per heavy atom. The number of rotatable bonds is 10. The number of likely N-dealkylation sites (N-methyl/N-ethyl adjacent to an activating group) is 2. The van der Waals surface area contributed by atoms with Crippen LogP contribution in [0.3, 0.4) is 0 Å². The molecule has 6 aliphatic rings. The summed E-state index contributed by atoms with van der Waals surface area (Å²) in [6.07, 6.45) is 8.70. The molecule has 8 heterocycles. The highest BCUT2D eigenvalue weighted by Crippen LogP contribution is 2.52. The van der Waals surface area contributed by atoms with Crippen LogP contribution in [0.5, 0.6) is 0 Å². The number of amides is 5. The smallest absolute Gasteiger partial charge is 0.410 e. The number of aromatic nitrogens is 4. The van der Waals surface area contributed by atoms with E-state index in [1.165, 1.54) is 11.9 Å². The van der Waals surface area contributed by atoms with Crippen LogP contribution in [0.2, 0.25) is 0 Å². The van der Waals surface area contributed by atoms with Crippen LogP contribution < -0.4 is 15.1 Å². The van der Waals surface area contributed by atoms with Crippen LogP contribution in [-0.4, -0.2) is 138 Å². The molecule has 472 valence electrons. The molecule has 2 N–H and O–H groups in total. The predicted octanol–water partition coefficient (Wildman–Crippen LogP) is 10.2. The summed E-state index contributed by atoms with van der Waals surface area (Å²) >= 11 is 0. The second kappa shape index (κ2) is 23.6. The fourth-order valence-corrected chi connectivity index (χ4v) is 13.1. The summed E-state index contributed by atoms with van der Waals surface area (Å²) in [7, 11) is 3.30. The number of carbonyl (C=O) groups excluding carboxylic acids is 5. The van der Waals surface area contributed by atoms with Crippen LogP contribution in [-0.2, 0) is 52.6 Å². The zero-order chi connectivity index (χ0) is 66.0. The van der Waals surface area contributed by atoms with Gasteiger partial charge in [0.2, 0.25) is 17.7 Å². The van der Waals surface area contributed by atoms with Gasteiger partial charge in [-0.3, -0.25) is 29.3 Å². The minimum absolute atomic E-state index is 0.000849. The second-order valence-electron chi connectivity index (χ2n) is 26.6. The lowest BCUT2D eigenvalue weighted by atomic mass is 9.74. The van der Waals surface area contributed by atoms with E-state index in [1.807, 2.05) is 159 Å². The first-order chi connectivity index (χ1) is 44.4. The molecule has 2 saturated heterocycles. The molecule has 21 nitrogen and oxygen atoms in total. The molecule has 14 rings (SSSR count). The molecule has 4 aliphatic heterocycles. The fourth-order valence-electron chi connectivity index (χ4n) is 13.1. The van der Waals surface area contributed by atoms with Crippen molar-refractivity contribution in [3.05, 3.63) is 180 Å². The average Bonchev–Trinajstić information content (AvgIpc) is 1.56. The van der Waals surface area contributed by atoms with Gasteiger partial charge in [-0.15, -0.1) is 0 Å². The summed E-state index contributed by atoms with van der Waals surface area (Å²) < 4.78 is 10.6. The number of ether oxygens (including phenoxy) is 2. The van der Waals surface area contributed by atoms with E-state index in [0.717, 1.165) is 90.5 Å². The van der Waals surface area contributed by atoms with Crippen molar-refractivity contribution in [1.82, 2.24) is 40.0 Å². The monoisotopic (exact) mass is 1250 g/mol. The summed E-state index contributed by atoms with van der Waals surface area (Å²) in [6, 6.07) is 42.9. The molecule has 2 spiro atoms. The second-order valence-corrected chi connectivity index (χ2v) is 26.6. The van der Waals surface area contributed by atoms with E-state index >= 15 is 0 Å². The van der Waals surface area contributed by atoms with Crippen molar-refractivity contribution < 1.29 is 43.3 Å². The lowest BCUT2D eigenvalue weighted by molar-refractivity contribution is -0.147. The number of nitrogens with one attached hydrogen (secondary N) is 1. The number of likely N-dealkylation sites (tertiary alicyclic amines) is 2. The highest BCUT2D eigenvalue weighted by Gasteiger charge is 2.63. The first-order valence-corrected chi connectivity index (χ1v) is 30.8. The van der Waals surface area contributed by atoms with Gasteiger partial charge < -0.3 is 39.5 Å². The van der Waals surface area contributed by atoms with E-state index in [1.54, 1.807) is 55.1 Å². The molecule has 4 aromatic heterocycles. The van der Waals surface area contributed by atoms with E-state index in [4.69, 9.17) is 24.5 Å². The summed E-state index contributed by atoms with van der Waals surface area (Å²) in [4.78, 5) is 103. The number of hydrogen-bond acceptors (Lipinski definition) is 15. The number of benzene rings is 4. The lowest BCUT2D eigenvalue weighted by Crippen LogP contribution is -2.67. The van der Waals surface area contributed by atoms with Gasteiger partial charge >= 0.3 is 18.2 Å². The molecule has 0 bridgehead atoms. The van der Waals surface area contributed by atoms with Crippen molar-refractivity contribution in [1.29, 1.82) is 10.5 Å². The first kappa shape index (κ1) is 62.5. The number of fused-ring (bicyclic) bond motifs is 6. The molecule has 8 aromatic rings. The van der Waals surface area contributed by atoms with E-state index < -0.39 is 51.3 Å². The van der Waals surface area contributed by atoms with Gasteiger partial charge in [0.05, 0.1) is 30.0 Å². The zero-order valence-corrected chi connectivity index (χ0v) is 53.1. The zero-order valence-electron chi connectivity index (χ0n) is 53.1. The van der Waals surface area contributed by atoms with Crippen LogP contribution in [0.15, 0.2) is 146 Å². The third-order valence-electron chi connectivity index (χ3n) is 18.3. The SMILES string of the molecule is CC(C)(C)OC(=O)N1CC2(C1)C(=O)N(Cc1ncc3ccccc3c1-c1ccc(C#N)nc1)c1ccccc12.CN(C(=O)OC(C)(C)C)C1(C(=O)O)CC1.CNC1(C(=O)N2CC3(C2)C(=O)N(Cc2ncc4ccccc4c2-c2ccc(C#N)nc2)c2ccccc23)CC1. The molecule has 93 heavy (non-hydrogen) atoms. The summed E-state index contributed by atoms with van der Waals surface area (Å²) in [5.74, 6) is -0.926. The minimum Gasteiger partial charge on any atom is -0.479 e. The van der Waals surface area contributed by atoms with Crippen molar-refractivity contribution >= 4 is 68.8 Å². The van der Waals surface area contributed by atoms with Gasteiger partial charge in [0.25, 0.3) is 0 Å². The summed E-state index contributed by atoms with van der Waals surface area (Å²) in [6.45, 7) is 12.6. The third kappa shape index (κ3) is 11.4. The van der Waals surface area contributed by atoms with Crippen molar-refractivity contribution in [2.24, 2.45) is 0 Å². The Labute approximate surface area is 538 Å². The van der Waals surface area contributed by atoms with E-state index in [9.17, 15) is 39.3 Å². The van der Waals surface area contributed by atoms with Gasteiger partial charge in [0, 0.05) is 102 Å². The van der Waals surface area contributed by atoms with Crippen LogP contribution >= 0.6 is 0 Å². The van der Waals surface area contributed by atoms with Gasteiger partial charge in [-0.25, -0.2) is 24.4 Å². The molecule has 2 aliphatic carbocycles. The van der Waals surface area contributed by atoms with E-state index in [-0.39, 0.29) is 43.9 Å². The number of hydrogen-bond donors (Lipinski definition) is 2. The quantitative estimate of drug-likeness (QED) is 0.129. The molecule has 0 radical (unpaired) electrons. The highest BCUT2D eigenvalue weighted by molar-refractivity contribution is 6.12. The summed E-state index contributed by atoms with van der Waals surface area (Å²) in [5, 5.41) is 34.6. The third-order valence-corrected chi connectivity index (χ3v) is 18.3. The van der Waals surface area contributed by atoms with Crippen molar-refractivity contribution in [3.63, 3.8) is 0 Å². The van der Waals surface area contributed by atoms with E-state index in [2.05, 4.69) is 27.4 Å². The van der Waals surface area contributed by atoms with Crippen LogP contribution in [0.1, 0.15) is 101 Å². The Kier molecular flexibility index (Phi) is 15.8. The maximum absolute atomic E-state index is 14.2. The first-order valence-electron chi connectivity index (χ1n) is 30.8. The lowest BCUT2D eigenvalue weighted by Gasteiger charge is -2.48. The predicted molar refractivity (Wildman–Crippen MR) is 347 cm³/mol. The fraction of sp³-hybridized carbons (Fsp3) is 0.333. The molecular weight excluding hydrogens is 1180 g/mol. The summed E-state index contributed by atoms with van der Waals surface area (Å²) in [5.41, 5.74) is 4.92. The number of carboxylic acid groups (broad SMARTS) is 1. The molecule has 4 aromatic carbocycles. The molecule has 0 atom stereocenters. The van der Waals surface area contributed by atoms with Crippen molar-refractivity contribution in [2.75, 3.05) is 50.1 Å². The van der Waals surface area contributed by atoms with Crippen LogP contribution in [0, 0.1) is 22.7 Å². The largest absolute Gasteiger partial charge is 0.479 e. The molecule has 4 fully saturated rings. The molecule has 21 heteroatoms. The number of nitrogens with zero attached hydrogens (tertiary/aromatic N) is 11.